The summed E-state index contributed by atoms with van der Waals surface area (Å²) in [5.74, 6) is 0.509. The van der Waals surface area contributed by atoms with Crippen LogP contribution in [0, 0.1) is 17.2 Å². The summed E-state index contributed by atoms with van der Waals surface area (Å²) in [5, 5.41) is 8.83. The second kappa shape index (κ2) is 4.76. The minimum absolute atomic E-state index is 0.00591. The van der Waals surface area contributed by atoms with E-state index in [2.05, 4.69) is 22.0 Å². The van der Waals surface area contributed by atoms with E-state index in [4.69, 9.17) is 10.00 Å². The van der Waals surface area contributed by atoms with Crippen LogP contribution >= 0.6 is 15.9 Å². The van der Waals surface area contributed by atoms with Crippen molar-refractivity contribution in [3.8, 4) is 11.8 Å². The summed E-state index contributed by atoms with van der Waals surface area (Å²) < 4.78 is 5.93. The van der Waals surface area contributed by atoms with E-state index in [-0.39, 0.29) is 11.8 Å². The summed E-state index contributed by atoms with van der Waals surface area (Å²) in [4.78, 5) is 13.4. The number of ether oxygens (including phenoxy) is 1. The molecule has 0 spiro atoms. The maximum absolute atomic E-state index is 11.7. The molecule has 0 bridgehead atoms. The Bertz CT molecular complexity index is 496. The van der Waals surface area contributed by atoms with E-state index in [9.17, 15) is 4.79 Å². The Morgan fingerprint density at radius 3 is 2.88 bits per heavy atom. The van der Waals surface area contributed by atoms with Crippen molar-refractivity contribution in [2.45, 2.75) is 6.42 Å². The molecule has 0 aliphatic carbocycles. The number of methoxy groups -OCH3 is 1. The fourth-order valence-corrected chi connectivity index (χ4v) is 2.40. The van der Waals surface area contributed by atoms with Gasteiger partial charge >= 0.3 is 0 Å². The van der Waals surface area contributed by atoms with Gasteiger partial charge in [-0.3, -0.25) is 4.79 Å². The second-order valence-electron chi connectivity index (χ2n) is 3.85. The van der Waals surface area contributed by atoms with Crippen LogP contribution in [0.25, 0.3) is 0 Å². The first-order chi connectivity index (χ1) is 8.15. The minimum Gasteiger partial charge on any atom is -0.496 e. The van der Waals surface area contributed by atoms with Crippen LogP contribution in [0.15, 0.2) is 22.7 Å². The molecule has 0 radical (unpaired) electrons. The van der Waals surface area contributed by atoms with Crippen LogP contribution in [0.2, 0.25) is 0 Å². The molecule has 1 fully saturated rings. The highest BCUT2D eigenvalue weighted by Crippen LogP contribution is 2.32. The van der Waals surface area contributed by atoms with Crippen LogP contribution in [-0.2, 0) is 4.79 Å². The van der Waals surface area contributed by atoms with Gasteiger partial charge in [0.2, 0.25) is 5.91 Å². The topological polar surface area (TPSA) is 53.3 Å². The Labute approximate surface area is 108 Å². The van der Waals surface area contributed by atoms with Crippen LogP contribution in [0.4, 0.5) is 5.69 Å². The molecule has 17 heavy (non-hydrogen) atoms. The third-order valence-corrected chi connectivity index (χ3v) is 3.37. The van der Waals surface area contributed by atoms with Crippen LogP contribution < -0.4 is 9.64 Å². The summed E-state index contributed by atoms with van der Waals surface area (Å²) in [6.07, 6.45) is 0.306. The van der Waals surface area contributed by atoms with E-state index in [0.29, 0.717) is 13.0 Å². The number of halogens is 1. The first-order valence-corrected chi connectivity index (χ1v) is 5.98. The molecular formula is C12H11BrN2O2. The van der Waals surface area contributed by atoms with Gasteiger partial charge in [0.15, 0.2) is 0 Å². The Hall–Kier alpha value is -1.54. The highest BCUT2D eigenvalue weighted by molar-refractivity contribution is 9.10. The average molecular weight is 295 g/mol. The molecule has 0 saturated carbocycles. The van der Waals surface area contributed by atoms with Crippen molar-refractivity contribution >= 4 is 27.5 Å². The van der Waals surface area contributed by atoms with Crippen LogP contribution in [-0.4, -0.2) is 19.6 Å². The Kier molecular flexibility index (Phi) is 3.34. The lowest BCUT2D eigenvalue weighted by Crippen LogP contribution is -2.24. The van der Waals surface area contributed by atoms with E-state index in [1.807, 2.05) is 12.1 Å². The van der Waals surface area contributed by atoms with Gasteiger partial charge in [-0.15, -0.1) is 0 Å². The van der Waals surface area contributed by atoms with Gasteiger partial charge in [0.05, 0.1) is 23.6 Å². The van der Waals surface area contributed by atoms with Gasteiger partial charge in [-0.05, 0) is 34.1 Å². The van der Waals surface area contributed by atoms with Crippen LogP contribution in [0.1, 0.15) is 6.42 Å². The summed E-state index contributed by atoms with van der Waals surface area (Å²) in [5.41, 5.74) is 0.792. The number of anilines is 1. The molecule has 5 heteroatoms. The lowest BCUT2D eigenvalue weighted by Gasteiger charge is -2.16. The third-order valence-electron chi connectivity index (χ3n) is 2.75. The Morgan fingerprint density at radius 2 is 2.35 bits per heavy atom. The quantitative estimate of drug-likeness (QED) is 0.841. The maximum atomic E-state index is 11.7. The van der Waals surface area contributed by atoms with Crippen LogP contribution in [0.5, 0.6) is 5.75 Å². The van der Waals surface area contributed by atoms with E-state index < -0.39 is 0 Å². The molecular weight excluding hydrogens is 284 g/mol. The van der Waals surface area contributed by atoms with E-state index >= 15 is 0 Å². The van der Waals surface area contributed by atoms with Crippen molar-refractivity contribution in [2.75, 3.05) is 18.6 Å². The smallest absolute Gasteiger partial charge is 0.228 e. The van der Waals surface area contributed by atoms with Crippen molar-refractivity contribution in [2.24, 2.45) is 5.92 Å². The third kappa shape index (κ3) is 2.27. The number of hydrogen-bond acceptors (Lipinski definition) is 3. The summed E-state index contributed by atoms with van der Waals surface area (Å²) in [7, 11) is 1.59. The summed E-state index contributed by atoms with van der Waals surface area (Å²) >= 11 is 3.38. The van der Waals surface area contributed by atoms with Gasteiger partial charge in [-0.25, -0.2) is 0 Å². The molecule has 1 aliphatic rings. The summed E-state index contributed by atoms with van der Waals surface area (Å²) in [6.45, 7) is 0.466. The zero-order chi connectivity index (χ0) is 12.4. The first-order valence-electron chi connectivity index (χ1n) is 5.19. The maximum Gasteiger partial charge on any atom is 0.228 e. The average Bonchev–Trinajstić information content (AvgIpc) is 2.70. The van der Waals surface area contributed by atoms with Gasteiger partial charge in [0.25, 0.3) is 0 Å². The number of benzene rings is 1. The number of carbonyl (C=O) groups is 1. The minimum atomic E-state index is -0.205. The van der Waals surface area contributed by atoms with Crippen molar-refractivity contribution in [3.05, 3.63) is 22.7 Å². The number of rotatable bonds is 2. The molecule has 1 atom stereocenters. The van der Waals surface area contributed by atoms with Gasteiger partial charge in [0, 0.05) is 18.7 Å². The fourth-order valence-electron chi connectivity index (χ4n) is 1.87. The molecule has 1 amide bonds. The number of nitrogens with zero attached hydrogens (tertiary/aromatic N) is 2. The van der Waals surface area contributed by atoms with Crippen molar-refractivity contribution in [1.82, 2.24) is 0 Å². The van der Waals surface area contributed by atoms with Gasteiger partial charge in [-0.2, -0.15) is 5.26 Å². The molecule has 1 saturated heterocycles. The zero-order valence-corrected chi connectivity index (χ0v) is 10.9. The van der Waals surface area contributed by atoms with Crippen LogP contribution in [0.3, 0.4) is 0 Å². The van der Waals surface area contributed by atoms with Crippen molar-refractivity contribution < 1.29 is 9.53 Å². The van der Waals surface area contributed by atoms with E-state index in [1.54, 1.807) is 18.1 Å². The number of nitriles is 1. The van der Waals surface area contributed by atoms with Gasteiger partial charge in [-0.1, -0.05) is 0 Å². The van der Waals surface area contributed by atoms with E-state index in [1.165, 1.54) is 0 Å². The molecule has 1 unspecified atom stereocenters. The zero-order valence-electron chi connectivity index (χ0n) is 9.31. The molecule has 88 valence electrons. The predicted octanol–water partition coefficient (Wildman–Crippen LogP) is 2.33. The van der Waals surface area contributed by atoms with Gasteiger partial charge in [0.1, 0.15) is 5.75 Å². The fraction of sp³-hybridized carbons (Fsp3) is 0.333. The number of amides is 1. The monoisotopic (exact) mass is 294 g/mol. The lowest BCUT2D eigenvalue weighted by molar-refractivity contribution is -0.117. The molecule has 0 N–H and O–H groups in total. The standard InChI is InChI=1S/C12H11BrN2O2/c1-17-11-3-2-9(5-10(11)13)15-7-8(6-14)4-12(15)16/h2-3,5,8H,4,7H2,1H3. The number of carbonyl (C=O) groups excluding carboxylic acids is 1. The normalized spacial score (nSPS) is 19.2. The molecule has 1 heterocycles. The lowest BCUT2D eigenvalue weighted by atomic mass is 10.1. The molecule has 4 nitrogen and oxygen atoms in total. The second-order valence-corrected chi connectivity index (χ2v) is 4.71. The Morgan fingerprint density at radius 1 is 1.59 bits per heavy atom. The van der Waals surface area contributed by atoms with Crippen molar-refractivity contribution in [3.63, 3.8) is 0 Å². The van der Waals surface area contributed by atoms with E-state index in [0.717, 1.165) is 15.9 Å². The highest BCUT2D eigenvalue weighted by Gasteiger charge is 2.30. The molecule has 0 aromatic heterocycles. The molecule has 2 rings (SSSR count). The number of hydrogen-bond donors (Lipinski definition) is 0. The highest BCUT2D eigenvalue weighted by atomic mass is 79.9. The largest absolute Gasteiger partial charge is 0.496 e. The SMILES string of the molecule is COc1ccc(N2CC(C#N)CC2=O)cc1Br. The predicted molar refractivity (Wildman–Crippen MR) is 66.8 cm³/mol. The summed E-state index contributed by atoms with van der Waals surface area (Å²) in [6, 6.07) is 7.58. The molecule has 1 aromatic rings. The Balaban J connectivity index is 2.27. The van der Waals surface area contributed by atoms with Crippen molar-refractivity contribution in [1.29, 1.82) is 5.26 Å². The first kappa shape index (κ1) is 11.9. The molecule has 1 aromatic carbocycles. The van der Waals surface area contributed by atoms with Gasteiger partial charge < -0.3 is 9.64 Å². The molecule has 1 aliphatic heterocycles.